The average Bonchev–Trinajstić information content (AvgIpc) is 2.91. The van der Waals surface area contributed by atoms with Crippen LogP contribution in [0.4, 0.5) is 10.2 Å². The van der Waals surface area contributed by atoms with Crippen LogP contribution in [0.1, 0.15) is 61.4 Å². The molecule has 1 aromatic heterocycles. The average molecular weight is 345 g/mol. The van der Waals surface area contributed by atoms with Crippen molar-refractivity contribution < 1.29 is 4.39 Å². The third-order valence-corrected chi connectivity index (χ3v) is 6.02. The van der Waals surface area contributed by atoms with Crippen LogP contribution in [0.5, 0.6) is 0 Å². The maximum absolute atomic E-state index is 13.7. The Bertz CT molecular complexity index is 848. The van der Waals surface area contributed by atoms with Gasteiger partial charge in [0.15, 0.2) is 5.82 Å². The molecule has 2 heterocycles. The van der Waals surface area contributed by atoms with Crippen molar-refractivity contribution in [2.24, 2.45) is 4.99 Å². The summed E-state index contributed by atoms with van der Waals surface area (Å²) in [4.78, 5) is 17.3. The lowest BCUT2D eigenvalue weighted by Crippen LogP contribution is -2.16. The van der Waals surface area contributed by atoms with Crippen LogP contribution in [0, 0.1) is 5.82 Å². The van der Waals surface area contributed by atoms with E-state index in [-0.39, 0.29) is 16.6 Å². The van der Waals surface area contributed by atoms with E-state index in [1.807, 2.05) is 17.7 Å². The first-order chi connectivity index (χ1) is 11.6. The van der Waals surface area contributed by atoms with E-state index in [0.29, 0.717) is 11.6 Å². The summed E-state index contributed by atoms with van der Waals surface area (Å²) in [7, 11) is 0. The molecule has 1 N–H and O–H groups in total. The van der Waals surface area contributed by atoms with Crippen molar-refractivity contribution in [2.45, 2.75) is 50.3 Å². The summed E-state index contributed by atoms with van der Waals surface area (Å²) in [5.41, 5.74) is 1.36. The van der Waals surface area contributed by atoms with Gasteiger partial charge < -0.3 is 0 Å². The molecule has 1 saturated carbocycles. The molecule has 2 aliphatic rings. The second kappa shape index (κ2) is 6.24. The first-order valence-corrected chi connectivity index (χ1v) is 9.33. The van der Waals surface area contributed by atoms with Gasteiger partial charge in [0.05, 0.1) is 21.9 Å². The number of aromatic amines is 1. The van der Waals surface area contributed by atoms with Crippen molar-refractivity contribution in [3.63, 3.8) is 0 Å². The van der Waals surface area contributed by atoms with Gasteiger partial charge in [0.1, 0.15) is 5.82 Å². The number of H-pyrrole nitrogens is 1. The monoisotopic (exact) mass is 345 g/mol. The van der Waals surface area contributed by atoms with Gasteiger partial charge in [-0.25, -0.2) is 9.38 Å². The molecule has 0 amide bonds. The number of hydrogen-bond acceptors (Lipinski definition) is 3. The number of nitrogens with zero attached hydrogens (tertiary/aromatic N) is 2. The molecule has 0 saturated heterocycles. The lowest BCUT2D eigenvalue weighted by molar-refractivity contribution is 0.331. The minimum absolute atomic E-state index is 0.103. The molecule has 1 atom stereocenters. The number of benzene rings is 1. The molecule has 6 heteroatoms. The Labute approximate surface area is 144 Å². The van der Waals surface area contributed by atoms with E-state index in [4.69, 9.17) is 0 Å². The number of fused-ring (bicyclic) bond motifs is 1. The van der Waals surface area contributed by atoms with E-state index < -0.39 is 0 Å². The number of thioether (sulfide) groups is 1. The molecule has 2 aromatic rings. The van der Waals surface area contributed by atoms with Crippen LogP contribution in [0.15, 0.2) is 34.1 Å². The number of nitrogens with one attached hydrogen (secondary N) is 1. The van der Waals surface area contributed by atoms with Gasteiger partial charge in [0.25, 0.3) is 5.56 Å². The smallest absolute Gasteiger partial charge is 0.268 e. The van der Waals surface area contributed by atoms with Gasteiger partial charge in [0, 0.05) is 0 Å². The Morgan fingerprint density at radius 2 is 2.08 bits per heavy atom. The SMILES string of the molecule is CC1=Nc2c(c(=O)[nH]n2C2CCCCC2)[C@H](c2cccc(F)c2)S1. The van der Waals surface area contributed by atoms with Gasteiger partial charge in [-0.2, -0.15) is 0 Å². The zero-order valence-electron chi connectivity index (χ0n) is 13.6. The lowest BCUT2D eigenvalue weighted by atomic mass is 9.95. The summed E-state index contributed by atoms with van der Waals surface area (Å²) < 4.78 is 15.6. The molecule has 1 aliphatic heterocycles. The normalized spacial score (nSPS) is 21.4. The maximum Gasteiger partial charge on any atom is 0.271 e. The Morgan fingerprint density at radius 3 is 2.83 bits per heavy atom. The third kappa shape index (κ3) is 2.73. The molecular weight excluding hydrogens is 325 g/mol. The first-order valence-electron chi connectivity index (χ1n) is 8.45. The number of hydrogen-bond donors (Lipinski definition) is 1. The van der Waals surface area contributed by atoms with Crippen LogP contribution in [0.2, 0.25) is 0 Å². The van der Waals surface area contributed by atoms with Crippen LogP contribution in [0.25, 0.3) is 0 Å². The molecule has 1 aromatic carbocycles. The van der Waals surface area contributed by atoms with Crippen molar-refractivity contribution in [2.75, 3.05) is 0 Å². The largest absolute Gasteiger partial charge is 0.271 e. The molecule has 0 spiro atoms. The van der Waals surface area contributed by atoms with Crippen LogP contribution in [-0.4, -0.2) is 14.8 Å². The van der Waals surface area contributed by atoms with Gasteiger partial charge in [-0.05, 0) is 37.5 Å². The molecule has 24 heavy (non-hydrogen) atoms. The van der Waals surface area contributed by atoms with E-state index in [1.54, 1.807) is 6.07 Å². The second-order valence-corrected chi connectivity index (χ2v) is 7.82. The van der Waals surface area contributed by atoms with Crippen molar-refractivity contribution in [1.82, 2.24) is 9.78 Å². The molecule has 1 fully saturated rings. The van der Waals surface area contributed by atoms with Crippen molar-refractivity contribution in [3.05, 3.63) is 51.6 Å². The maximum atomic E-state index is 13.7. The summed E-state index contributed by atoms with van der Waals surface area (Å²) in [6.07, 6.45) is 5.77. The van der Waals surface area contributed by atoms with Crippen molar-refractivity contribution >= 4 is 22.6 Å². The van der Waals surface area contributed by atoms with Gasteiger partial charge in [-0.15, -0.1) is 0 Å². The molecule has 0 unspecified atom stereocenters. The molecular formula is C18H20FN3OS. The second-order valence-electron chi connectivity index (χ2n) is 6.52. The number of aliphatic imine (C=N–C) groups is 1. The fourth-order valence-corrected chi connectivity index (χ4v) is 4.81. The van der Waals surface area contributed by atoms with E-state index in [9.17, 15) is 9.18 Å². The van der Waals surface area contributed by atoms with Crippen LogP contribution < -0.4 is 5.56 Å². The standard InChI is InChI=1S/C18H20FN3OS/c1-11-20-17-15(16(24-11)12-6-5-7-13(19)10-12)18(23)21-22(17)14-8-3-2-4-9-14/h5-7,10,14,16H,2-4,8-9H2,1H3,(H,21,23)/t16-/m0/s1. The minimum atomic E-state index is -0.280. The van der Waals surface area contributed by atoms with E-state index in [0.717, 1.165) is 29.3 Å². The van der Waals surface area contributed by atoms with Gasteiger partial charge in [-0.3, -0.25) is 14.6 Å². The lowest BCUT2D eigenvalue weighted by Gasteiger charge is -2.26. The van der Waals surface area contributed by atoms with Crippen LogP contribution >= 0.6 is 11.8 Å². The van der Waals surface area contributed by atoms with Crippen molar-refractivity contribution in [1.29, 1.82) is 0 Å². The molecule has 126 valence electrons. The Morgan fingerprint density at radius 1 is 1.29 bits per heavy atom. The predicted octanol–water partition coefficient (Wildman–Crippen LogP) is 4.71. The molecule has 4 nitrogen and oxygen atoms in total. The molecule has 1 aliphatic carbocycles. The van der Waals surface area contributed by atoms with Gasteiger partial charge in [-0.1, -0.05) is 43.2 Å². The Kier molecular flexibility index (Phi) is 4.08. The minimum Gasteiger partial charge on any atom is -0.268 e. The first kappa shape index (κ1) is 15.7. The fraction of sp³-hybridized carbons (Fsp3) is 0.444. The van der Waals surface area contributed by atoms with Crippen LogP contribution in [-0.2, 0) is 0 Å². The Balaban J connectivity index is 1.82. The summed E-state index contributed by atoms with van der Waals surface area (Å²) in [5, 5.41) is 3.70. The number of rotatable bonds is 2. The van der Waals surface area contributed by atoms with E-state index >= 15 is 0 Å². The van der Waals surface area contributed by atoms with Gasteiger partial charge in [0.2, 0.25) is 0 Å². The van der Waals surface area contributed by atoms with Crippen molar-refractivity contribution in [3.8, 4) is 0 Å². The molecule has 0 radical (unpaired) electrons. The quantitative estimate of drug-likeness (QED) is 0.857. The Hall–Kier alpha value is -1.82. The van der Waals surface area contributed by atoms with E-state index in [1.165, 1.54) is 43.2 Å². The molecule has 4 rings (SSSR count). The van der Waals surface area contributed by atoms with Crippen LogP contribution in [0.3, 0.4) is 0 Å². The zero-order chi connectivity index (χ0) is 16.7. The fourth-order valence-electron chi connectivity index (χ4n) is 3.72. The third-order valence-electron chi connectivity index (χ3n) is 4.84. The molecule has 0 bridgehead atoms. The summed E-state index contributed by atoms with van der Waals surface area (Å²) in [6.45, 7) is 1.95. The van der Waals surface area contributed by atoms with E-state index in [2.05, 4.69) is 10.1 Å². The highest BCUT2D eigenvalue weighted by Gasteiger charge is 2.32. The summed E-state index contributed by atoms with van der Waals surface area (Å²) >= 11 is 1.51. The highest BCUT2D eigenvalue weighted by molar-refractivity contribution is 8.14. The summed E-state index contributed by atoms with van der Waals surface area (Å²) in [6, 6.07) is 6.81. The highest BCUT2D eigenvalue weighted by atomic mass is 32.2. The van der Waals surface area contributed by atoms with Gasteiger partial charge >= 0.3 is 0 Å². The predicted molar refractivity (Wildman–Crippen MR) is 95.8 cm³/mol. The summed E-state index contributed by atoms with van der Waals surface area (Å²) in [5.74, 6) is 0.454. The highest BCUT2D eigenvalue weighted by Crippen LogP contribution is 2.45. The topological polar surface area (TPSA) is 50.1 Å². The zero-order valence-corrected chi connectivity index (χ0v) is 14.4. The number of aromatic nitrogens is 2. The number of halogens is 1.